The van der Waals surface area contributed by atoms with E-state index in [1.54, 1.807) is 80.6 Å². The average Bonchev–Trinajstić information content (AvgIpc) is 1.17. The van der Waals surface area contributed by atoms with Crippen molar-refractivity contribution in [2.45, 2.75) is 158 Å². The molecule has 5 aliphatic rings. The lowest BCUT2D eigenvalue weighted by molar-refractivity contribution is -0.346. The number of fused-ring (bicyclic) bond motifs is 5. The molecule has 82 heavy (non-hydrogen) atoms. The zero-order valence-electron chi connectivity index (χ0n) is 46.6. The van der Waals surface area contributed by atoms with E-state index in [1.807, 2.05) is 0 Å². The highest BCUT2D eigenvalue weighted by molar-refractivity contribution is 8.76. The van der Waals surface area contributed by atoms with Crippen LogP contribution >= 0.6 is 21.6 Å². The van der Waals surface area contributed by atoms with Gasteiger partial charge in [0.05, 0.1) is 41.6 Å². The van der Waals surface area contributed by atoms with Gasteiger partial charge in [0.15, 0.2) is 17.5 Å². The van der Waals surface area contributed by atoms with Crippen LogP contribution < -0.4 is 5.32 Å². The maximum atomic E-state index is 15.9. The van der Waals surface area contributed by atoms with Crippen molar-refractivity contribution in [1.82, 2.24) is 5.32 Å². The quantitative estimate of drug-likeness (QED) is 0.0312. The number of esters is 5. The second kappa shape index (κ2) is 24.5. The molecule has 3 aromatic rings. The van der Waals surface area contributed by atoms with Gasteiger partial charge in [0.1, 0.15) is 59.8 Å². The first-order valence-corrected chi connectivity index (χ1v) is 29.3. The van der Waals surface area contributed by atoms with Crippen LogP contribution in [0.1, 0.15) is 107 Å². The lowest BCUT2D eigenvalue weighted by atomic mass is 9.44. The third-order valence-electron chi connectivity index (χ3n) is 17.1. The fourth-order valence-corrected chi connectivity index (χ4v) is 14.9. The second-order valence-electron chi connectivity index (χ2n) is 23.0. The van der Waals surface area contributed by atoms with Crippen molar-refractivity contribution in [1.29, 1.82) is 0 Å². The molecule has 0 radical (unpaired) electrons. The number of carbonyl (C=O) groups is 7. The molecule has 16 atom stereocenters. The van der Waals surface area contributed by atoms with E-state index in [4.69, 9.17) is 33.2 Å². The Bertz CT molecular complexity index is 2910. The van der Waals surface area contributed by atoms with Crippen LogP contribution in [0, 0.1) is 22.2 Å². The van der Waals surface area contributed by atoms with Gasteiger partial charge in [0.2, 0.25) is 6.10 Å². The zero-order valence-corrected chi connectivity index (χ0v) is 48.3. The van der Waals surface area contributed by atoms with E-state index in [0.29, 0.717) is 0 Å². The topological polar surface area (TPSA) is 318 Å². The Morgan fingerprint density at radius 3 is 2.00 bits per heavy atom. The van der Waals surface area contributed by atoms with Crippen LogP contribution in [-0.2, 0) is 57.1 Å². The fraction of sp³-hybridized carbons (Fsp3) is 0.542. The van der Waals surface area contributed by atoms with Gasteiger partial charge in [-0.15, -0.1) is 0 Å². The molecule has 4 fully saturated rings. The lowest BCUT2D eigenvalue weighted by Crippen LogP contribution is -2.82. The van der Waals surface area contributed by atoms with Gasteiger partial charge in [-0.2, -0.15) is 0 Å². The van der Waals surface area contributed by atoms with Crippen LogP contribution in [0.5, 0.6) is 0 Å². The molecule has 8 rings (SSSR count). The predicted octanol–water partition coefficient (Wildman–Crippen LogP) is 3.88. The van der Waals surface area contributed by atoms with E-state index in [2.05, 4.69) is 5.32 Å². The van der Waals surface area contributed by atoms with E-state index in [9.17, 15) is 54.6 Å². The highest BCUT2D eigenvalue weighted by atomic mass is 33.1. The summed E-state index contributed by atoms with van der Waals surface area (Å²) in [5, 5.41) is 70.2. The van der Waals surface area contributed by atoms with Gasteiger partial charge in [0, 0.05) is 43.4 Å². The van der Waals surface area contributed by atoms with Crippen LogP contribution in [0.3, 0.4) is 0 Å². The summed E-state index contributed by atoms with van der Waals surface area (Å²) in [5.41, 5.74) is -10.3. The summed E-state index contributed by atoms with van der Waals surface area (Å²) in [6.45, 7) is 10.2. The molecule has 2 aliphatic heterocycles. The molecule has 3 aliphatic carbocycles. The zero-order chi connectivity index (χ0) is 59.9. The van der Waals surface area contributed by atoms with Crippen LogP contribution in [0.2, 0.25) is 0 Å². The van der Waals surface area contributed by atoms with E-state index < -0.39 is 160 Å². The van der Waals surface area contributed by atoms with Crippen molar-refractivity contribution in [2.24, 2.45) is 22.2 Å². The van der Waals surface area contributed by atoms with Gasteiger partial charge < -0.3 is 69.1 Å². The number of ether oxygens (including phenoxy) is 7. The smallest absolute Gasteiger partial charge is 0.350 e. The molecule has 21 nitrogen and oxygen atoms in total. The van der Waals surface area contributed by atoms with E-state index in [1.165, 1.54) is 52.0 Å². The molecule has 2 heterocycles. The van der Waals surface area contributed by atoms with Gasteiger partial charge in [0.25, 0.3) is 5.91 Å². The van der Waals surface area contributed by atoms with Gasteiger partial charge in [-0.05, 0) is 75.1 Å². The number of ketones is 1. The molecular weight excluding hydrogens is 1110 g/mol. The number of rotatable bonds is 18. The molecular formula is C59H71NO20S2. The SMILES string of the molecule is CC(=O)O[C@H]1C(=O)[C@@]2(C)[C@H]([C@H](OC(=O)c3ccccc3)[C@]3(O)C[C@H](OC(=O)[C@H](OC(=O)C(C)(C)CCSS[C@@H]4O[C@H](CO)[C@@H](O)[C@H](O)[C@H]4O)[C@@H](NC(=O)c4ccccc4)c4ccccc4)C(C)=C1C3(C)C)[C@]1(OC(C)=O)CO[C@@H]1C[C@@H]2O. The molecule has 2 bridgehead atoms. The van der Waals surface area contributed by atoms with Crippen LogP contribution in [-0.4, -0.2) is 169 Å². The summed E-state index contributed by atoms with van der Waals surface area (Å²) in [4.78, 5) is 102. The Hall–Kier alpha value is -5.73. The average molecular weight is 1180 g/mol. The van der Waals surface area contributed by atoms with Crippen LogP contribution in [0.15, 0.2) is 102 Å². The minimum Gasteiger partial charge on any atom is -0.455 e. The summed E-state index contributed by atoms with van der Waals surface area (Å²) < 4.78 is 42.9. The van der Waals surface area contributed by atoms with E-state index in [0.717, 1.165) is 35.4 Å². The number of carbonyl (C=O) groups excluding carboxylic acids is 7. The number of aliphatic hydroxyl groups excluding tert-OH is 5. The van der Waals surface area contributed by atoms with Gasteiger partial charge in [-0.1, -0.05) is 102 Å². The first kappa shape index (κ1) is 62.3. The maximum absolute atomic E-state index is 15.9. The van der Waals surface area contributed by atoms with Crippen molar-refractivity contribution < 1.29 is 97.4 Å². The van der Waals surface area contributed by atoms with Crippen molar-refractivity contribution in [3.05, 3.63) is 119 Å². The second-order valence-corrected chi connectivity index (χ2v) is 25.6. The number of nitrogens with one attached hydrogen (secondary N) is 1. The molecule has 0 aromatic heterocycles. The molecule has 0 unspecified atom stereocenters. The Morgan fingerprint density at radius 2 is 1.43 bits per heavy atom. The summed E-state index contributed by atoms with van der Waals surface area (Å²) in [6, 6.07) is 22.4. The van der Waals surface area contributed by atoms with Crippen molar-refractivity contribution >= 4 is 63.1 Å². The monoisotopic (exact) mass is 1180 g/mol. The molecule has 23 heteroatoms. The summed E-state index contributed by atoms with van der Waals surface area (Å²) in [6.07, 6.45) is -16.9. The third-order valence-corrected chi connectivity index (χ3v) is 19.6. The molecule has 444 valence electrons. The van der Waals surface area contributed by atoms with E-state index in [-0.39, 0.29) is 53.0 Å². The van der Waals surface area contributed by atoms with Crippen molar-refractivity contribution in [3.8, 4) is 0 Å². The van der Waals surface area contributed by atoms with Gasteiger partial charge >= 0.3 is 29.8 Å². The van der Waals surface area contributed by atoms with Gasteiger partial charge in [-0.25, -0.2) is 9.59 Å². The molecule has 0 spiro atoms. The largest absolute Gasteiger partial charge is 0.455 e. The van der Waals surface area contributed by atoms with Crippen molar-refractivity contribution in [3.63, 3.8) is 0 Å². The Morgan fingerprint density at radius 1 is 0.817 bits per heavy atom. The fourth-order valence-electron chi connectivity index (χ4n) is 12.2. The molecule has 2 saturated heterocycles. The highest BCUT2D eigenvalue weighted by Crippen LogP contribution is 2.64. The molecule has 1 amide bonds. The van der Waals surface area contributed by atoms with Crippen LogP contribution in [0.25, 0.3) is 0 Å². The van der Waals surface area contributed by atoms with Gasteiger partial charge in [-0.3, -0.25) is 24.0 Å². The normalized spacial score (nSPS) is 32.8. The predicted molar refractivity (Wildman–Crippen MR) is 294 cm³/mol. The Labute approximate surface area is 482 Å². The van der Waals surface area contributed by atoms with E-state index >= 15 is 9.59 Å². The minimum atomic E-state index is -2.52. The molecule has 7 N–H and O–H groups in total. The van der Waals surface area contributed by atoms with Crippen molar-refractivity contribution in [2.75, 3.05) is 19.0 Å². The highest BCUT2D eigenvalue weighted by Gasteiger charge is 2.78. The summed E-state index contributed by atoms with van der Waals surface area (Å²) in [7, 11) is 2.15. The Kier molecular flexibility index (Phi) is 18.6. The lowest BCUT2D eigenvalue weighted by Gasteiger charge is -2.67. The number of hydrogen-bond acceptors (Lipinski definition) is 22. The maximum Gasteiger partial charge on any atom is 0.350 e. The first-order valence-electron chi connectivity index (χ1n) is 27.0. The number of hydrogen-bond donors (Lipinski definition) is 7. The molecule has 3 aromatic carbocycles. The number of Topliss-reactive ketones (excluding diaryl/α,β-unsaturated/α-hetero) is 1. The number of benzene rings is 3. The third kappa shape index (κ3) is 11.6. The number of amides is 1. The summed E-state index contributed by atoms with van der Waals surface area (Å²) >= 11 is 0. The van der Waals surface area contributed by atoms with Crippen LogP contribution in [0.4, 0.5) is 0 Å². The standard InChI is InChI=1S/C59H71NO20S2/c1-30-36(27-59(73)49(79-51(70)35-22-16-11-17-23-35)47-57(8,38(64)26-39-58(47,29-74-39)80-32(3)63)48(68)45(75-31(2)62)40(30)56(59,6)7)76-52(71)46(41(33-18-12-9-13-19-33)60-50(69)34-20-14-10-15-21-34)78-54(72)55(4,5)24-25-81-82-53-44(67)43(66)42(65)37(28-61)77-53/h9-23,36-39,41-47,49,53,61,64-67,73H,24-29H2,1-8H3,(H,60,69)/t36-,37+,38-,39+,41-,42+,43-,44+,45+,46+,47-,49-,53-,57+,58-,59+/m0/s1. The Balaban J connectivity index is 1.22. The summed E-state index contributed by atoms with van der Waals surface area (Å²) in [5.74, 6) is -8.03. The number of aliphatic hydroxyl groups is 6. The molecule has 2 saturated carbocycles. The minimum absolute atomic E-state index is 0.0186. The first-order chi connectivity index (χ1) is 38.6.